The molecule has 0 spiro atoms. The zero-order valence-corrected chi connectivity index (χ0v) is 17.9. The van der Waals surface area contributed by atoms with E-state index < -0.39 is 0 Å². The molecule has 0 atom stereocenters. The van der Waals surface area contributed by atoms with Crippen molar-refractivity contribution in [3.8, 4) is 22.6 Å². The average Bonchev–Trinajstić information content (AvgIpc) is 3.27. The fraction of sp³-hybridized carbons (Fsp3) is 0.240. The molecule has 7 heteroatoms. The molecule has 0 amide bonds. The second-order valence-corrected chi connectivity index (χ2v) is 8.04. The Labute approximate surface area is 186 Å². The fourth-order valence-corrected chi connectivity index (χ4v) is 4.18. The minimum absolute atomic E-state index is 0.264. The summed E-state index contributed by atoms with van der Waals surface area (Å²) in [6.45, 7) is 3.99. The maximum atomic E-state index is 13.6. The van der Waals surface area contributed by atoms with E-state index in [0.29, 0.717) is 12.0 Å². The summed E-state index contributed by atoms with van der Waals surface area (Å²) in [6.07, 6.45) is 5.69. The van der Waals surface area contributed by atoms with Crippen molar-refractivity contribution in [1.82, 2.24) is 24.8 Å². The number of aromatic nitrogens is 4. The van der Waals surface area contributed by atoms with Gasteiger partial charge in [0, 0.05) is 23.5 Å². The first-order valence-corrected chi connectivity index (χ1v) is 10.9. The lowest BCUT2D eigenvalue weighted by molar-refractivity contribution is 0.370. The first-order valence-electron chi connectivity index (χ1n) is 10.9. The van der Waals surface area contributed by atoms with Crippen LogP contribution in [0.2, 0.25) is 0 Å². The highest BCUT2D eigenvalue weighted by Crippen LogP contribution is 2.35. The SMILES string of the molecule is Cc1ccccc1Nc1nccc(-c2c(-c3ccc(F)cc3)ncn2C2CCNCC2)n1. The van der Waals surface area contributed by atoms with Gasteiger partial charge in [0.15, 0.2) is 0 Å². The van der Waals surface area contributed by atoms with Gasteiger partial charge in [-0.1, -0.05) is 18.2 Å². The molecule has 0 radical (unpaired) electrons. The van der Waals surface area contributed by atoms with Crippen molar-refractivity contribution >= 4 is 11.6 Å². The fourth-order valence-electron chi connectivity index (χ4n) is 4.18. The molecule has 1 fully saturated rings. The first-order chi connectivity index (χ1) is 15.7. The number of imidazole rings is 1. The van der Waals surface area contributed by atoms with E-state index in [9.17, 15) is 4.39 Å². The molecule has 4 aromatic rings. The minimum atomic E-state index is -0.264. The van der Waals surface area contributed by atoms with Gasteiger partial charge < -0.3 is 15.2 Å². The predicted molar refractivity (Wildman–Crippen MR) is 124 cm³/mol. The number of nitrogens with zero attached hydrogens (tertiary/aromatic N) is 4. The number of hydrogen-bond acceptors (Lipinski definition) is 5. The van der Waals surface area contributed by atoms with Crippen LogP contribution >= 0.6 is 0 Å². The molecule has 0 saturated carbocycles. The molecule has 6 nitrogen and oxygen atoms in total. The van der Waals surface area contributed by atoms with Crippen LogP contribution in [0.1, 0.15) is 24.4 Å². The summed E-state index contributed by atoms with van der Waals surface area (Å²) in [5.41, 5.74) is 5.46. The van der Waals surface area contributed by atoms with E-state index >= 15 is 0 Å². The van der Waals surface area contributed by atoms with Crippen LogP contribution in [0.4, 0.5) is 16.0 Å². The molecule has 1 aliphatic rings. The molecule has 2 aromatic carbocycles. The van der Waals surface area contributed by atoms with Gasteiger partial charge in [0.05, 0.1) is 23.4 Å². The van der Waals surface area contributed by atoms with Gasteiger partial charge in [0.2, 0.25) is 5.95 Å². The van der Waals surface area contributed by atoms with Crippen LogP contribution in [-0.2, 0) is 0 Å². The van der Waals surface area contributed by atoms with Crippen LogP contribution in [0.15, 0.2) is 67.1 Å². The third-order valence-corrected chi connectivity index (χ3v) is 5.90. The summed E-state index contributed by atoms with van der Waals surface area (Å²) in [5, 5.41) is 6.75. The van der Waals surface area contributed by atoms with E-state index in [4.69, 9.17) is 9.97 Å². The highest BCUT2D eigenvalue weighted by Gasteiger charge is 2.23. The number of piperidine rings is 1. The molecule has 1 saturated heterocycles. The second-order valence-electron chi connectivity index (χ2n) is 8.04. The predicted octanol–water partition coefficient (Wildman–Crippen LogP) is 5.12. The Balaban J connectivity index is 1.58. The molecule has 1 aliphatic heterocycles. The number of benzene rings is 2. The van der Waals surface area contributed by atoms with E-state index in [1.54, 1.807) is 18.3 Å². The number of aryl methyl sites for hydroxylation is 1. The normalized spacial score (nSPS) is 14.4. The quantitative estimate of drug-likeness (QED) is 0.462. The number of hydrogen-bond donors (Lipinski definition) is 2. The van der Waals surface area contributed by atoms with Gasteiger partial charge in [0.25, 0.3) is 0 Å². The third kappa shape index (κ3) is 4.11. The lowest BCUT2D eigenvalue weighted by atomic mass is 10.0. The number of halogens is 1. The summed E-state index contributed by atoms with van der Waals surface area (Å²) < 4.78 is 15.8. The van der Waals surface area contributed by atoms with Crippen molar-refractivity contribution in [3.05, 3.63) is 78.5 Å². The molecule has 5 rings (SSSR count). The van der Waals surface area contributed by atoms with E-state index in [1.807, 2.05) is 43.6 Å². The monoisotopic (exact) mass is 428 g/mol. The number of anilines is 2. The molecule has 3 heterocycles. The van der Waals surface area contributed by atoms with Gasteiger partial charge in [-0.3, -0.25) is 0 Å². The summed E-state index contributed by atoms with van der Waals surface area (Å²) in [6, 6.07) is 16.7. The Bertz CT molecular complexity index is 1210. The molecular formula is C25H25FN6. The maximum Gasteiger partial charge on any atom is 0.227 e. The van der Waals surface area contributed by atoms with Gasteiger partial charge in [-0.15, -0.1) is 0 Å². The summed E-state index contributed by atoms with van der Waals surface area (Å²) in [7, 11) is 0. The van der Waals surface area contributed by atoms with Crippen LogP contribution in [-0.4, -0.2) is 32.6 Å². The van der Waals surface area contributed by atoms with E-state index in [0.717, 1.165) is 59.8 Å². The van der Waals surface area contributed by atoms with Gasteiger partial charge >= 0.3 is 0 Å². The second kappa shape index (κ2) is 8.88. The van der Waals surface area contributed by atoms with Crippen molar-refractivity contribution in [3.63, 3.8) is 0 Å². The third-order valence-electron chi connectivity index (χ3n) is 5.90. The topological polar surface area (TPSA) is 67.7 Å². The molecule has 2 aromatic heterocycles. The molecule has 0 aliphatic carbocycles. The van der Waals surface area contributed by atoms with Crippen LogP contribution in [0.5, 0.6) is 0 Å². The smallest absolute Gasteiger partial charge is 0.227 e. The molecule has 32 heavy (non-hydrogen) atoms. The largest absolute Gasteiger partial charge is 0.326 e. The van der Waals surface area contributed by atoms with Crippen molar-refractivity contribution in [2.24, 2.45) is 0 Å². The number of rotatable bonds is 5. The van der Waals surface area contributed by atoms with Crippen molar-refractivity contribution < 1.29 is 4.39 Å². The van der Waals surface area contributed by atoms with Gasteiger partial charge in [0.1, 0.15) is 5.82 Å². The Morgan fingerprint density at radius 2 is 1.78 bits per heavy atom. The Morgan fingerprint density at radius 3 is 2.56 bits per heavy atom. The summed E-state index contributed by atoms with van der Waals surface area (Å²) in [5.74, 6) is 0.264. The highest BCUT2D eigenvalue weighted by molar-refractivity contribution is 5.77. The van der Waals surface area contributed by atoms with E-state index in [-0.39, 0.29) is 5.82 Å². The standard InChI is InChI=1S/C25H25FN6/c1-17-4-2-3-5-21(17)30-25-28-15-12-22(31-25)24-23(18-6-8-19(26)9-7-18)29-16-32(24)20-10-13-27-14-11-20/h2-9,12,15-16,20,27H,10-11,13-14H2,1H3,(H,28,30,31). The molecule has 0 unspecified atom stereocenters. The van der Waals surface area contributed by atoms with Crippen LogP contribution in [0.25, 0.3) is 22.6 Å². The molecule has 2 N–H and O–H groups in total. The Hall–Kier alpha value is -3.58. The van der Waals surface area contributed by atoms with Gasteiger partial charge in [-0.05, 0) is 74.8 Å². The van der Waals surface area contributed by atoms with Crippen LogP contribution in [0.3, 0.4) is 0 Å². The zero-order chi connectivity index (χ0) is 21.9. The Morgan fingerprint density at radius 1 is 1.00 bits per heavy atom. The van der Waals surface area contributed by atoms with Crippen molar-refractivity contribution in [2.45, 2.75) is 25.8 Å². The maximum absolute atomic E-state index is 13.6. The van der Waals surface area contributed by atoms with Crippen molar-refractivity contribution in [1.29, 1.82) is 0 Å². The van der Waals surface area contributed by atoms with Gasteiger partial charge in [-0.2, -0.15) is 0 Å². The van der Waals surface area contributed by atoms with Crippen LogP contribution < -0.4 is 10.6 Å². The minimum Gasteiger partial charge on any atom is -0.326 e. The lowest BCUT2D eigenvalue weighted by Crippen LogP contribution is -2.29. The lowest BCUT2D eigenvalue weighted by Gasteiger charge is -2.25. The van der Waals surface area contributed by atoms with Gasteiger partial charge in [-0.25, -0.2) is 19.3 Å². The molecular weight excluding hydrogens is 403 g/mol. The summed E-state index contributed by atoms with van der Waals surface area (Å²) in [4.78, 5) is 14.0. The Kier molecular flexibility index (Phi) is 5.64. The summed E-state index contributed by atoms with van der Waals surface area (Å²) >= 11 is 0. The van der Waals surface area contributed by atoms with Crippen LogP contribution in [0, 0.1) is 12.7 Å². The van der Waals surface area contributed by atoms with Crippen molar-refractivity contribution in [2.75, 3.05) is 18.4 Å². The van der Waals surface area contributed by atoms with E-state index in [1.165, 1.54) is 12.1 Å². The van der Waals surface area contributed by atoms with E-state index in [2.05, 4.69) is 20.2 Å². The number of nitrogens with one attached hydrogen (secondary N) is 2. The molecule has 162 valence electrons. The molecule has 0 bridgehead atoms. The average molecular weight is 429 g/mol. The zero-order valence-electron chi connectivity index (χ0n) is 17.9. The first kappa shape index (κ1) is 20.3. The highest BCUT2D eigenvalue weighted by atomic mass is 19.1. The number of para-hydroxylation sites is 1.